The van der Waals surface area contributed by atoms with Gasteiger partial charge in [-0.2, -0.15) is 0 Å². The molecule has 26 heavy (non-hydrogen) atoms. The maximum atomic E-state index is 13.3. The Kier molecular flexibility index (Phi) is 4.95. The van der Waals surface area contributed by atoms with E-state index < -0.39 is 0 Å². The highest BCUT2D eigenvalue weighted by molar-refractivity contribution is 7.22. The predicted octanol–water partition coefficient (Wildman–Crippen LogP) is 4.08. The van der Waals surface area contributed by atoms with E-state index in [4.69, 9.17) is 4.74 Å². The van der Waals surface area contributed by atoms with Crippen LogP contribution in [0.5, 0.6) is 0 Å². The van der Waals surface area contributed by atoms with Gasteiger partial charge in [0.15, 0.2) is 5.13 Å². The number of rotatable bonds is 5. The number of ether oxygens (including phenoxy) is 1. The predicted molar refractivity (Wildman–Crippen MR) is 104 cm³/mol. The van der Waals surface area contributed by atoms with Gasteiger partial charge in [-0.05, 0) is 49.1 Å². The minimum absolute atomic E-state index is 0.0559. The molecule has 134 valence electrons. The smallest absolute Gasteiger partial charge is 0.278 e. The van der Waals surface area contributed by atoms with E-state index in [2.05, 4.69) is 16.9 Å². The molecule has 1 amide bonds. The molecule has 0 N–H and O–H groups in total. The number of benzene rings is 1. The van der Waals surface area contributed by atoms with E-state index in [1.54, 1.807) is 11.1 Å². The first kappa shape index (κ1) is 17.1. The van der Waals surface area contributed by atoms with Crippen molar-refractivity contribution in [3.8, 4) is 0 Å². The quantitative estimate of drug-likeness (QED) is 0.682. The average Bonchev–Trinajstić information content (AvgIpc) is 3.34. The van der Waals surface area contributed by atoms with Crippen LogP contribution in [-0.2, 0) is 11.2 Å². The molecule has 6 heteroatoms. The van der Waals surface area contributed by atoms with Crippen LogP contribution < -0.4 is 4.90 Å². The number of thiazole rings is 1. The molecule has 0 spiro atoms. The van der Waals surface area contributed by atoms with Crippen LogP contribution in [0.3, 0.4) is 0 Å². The molecule has 4 rings (SSSR count). The van der Waals surface area contributed by atoms with E-state index in [0.717, 1.165) is 41.6 Å². The Morgan fingerprint density at radius 3 is 3.00 bits per heavy atom. The first-order valence-electron chi connectivity index (χ1n) is 8.98. The minimum atomic E-state index is -0.116. The van der Waals surface area contributed by atoms with Gasteiger partial charge in [0.25, 0.3) is 5.91 Å². The lowest BCUT2D eigenvalue weighted by Crippen LogP contribution is -2.38. The van der Waals surface area contributed by atoms with Crippen molar-refractivity contribution in [1.82, 2.24) is 9.97 Å². The number of nitrogens with zero attached hydrogens (tertiary/aromatic N) is 3. The van der Waals surface area contributed by atoms with Gasteiger partial charge in [-0.15, -0.1) is 0 Å². The van der Waals surface area contributed by atoms with Crippen molar-refractivity contribution >= 4 is 32.6 Å². The molecule has 1 saturated heterocycles. The van der Waals surface area contributed by atoms with Crippen LogP contribution >= 0.6 is 11.3 Å². The lowest BCUT2D eigenvalue weighted by Gasteiger charge is -2.22. The number of hydrogen-bond acceptors (Lipinski definition) is 5. The van der Waals surface area contributed by atoms with Crippen molar-refractivity contribution in [3.05, 3.63) is 53.9 Å². The summed E-state index contributed by atoms with van der Waals surface area (Å²) in [6, 6.07) is 11.8. The summed E-state index contributed by atoms with van der Waals surface area (Å²) >= 11 is 1.53. The lowest BCUT2D eigenvalue weighted by molar-refractivity contribution is 0.0913. The third kappa shape index (κ3) is 3.48. The number of para-hydroxylation sites is 1. The highest BCUT2D eigenvalue weighted by atomic mass is 32.1. The van der Waals surface area contributed by atoms with Crippen LogP contribution in [0, 0.1) is 0 Å². The van der Waals surface area contributed by atoms with E-state index in [0.29, 0.717) is 17.4 Å². The summed E-state index contributed by atoms with van der Waals surface area (Å²) in [5.41, 5.74) is 2.47. The van der Waals surface area contributed by atoms with Gasteiger partial charge >= 0.3 is 0 Å². The Hall–Kier alpha value is -2.31. The molecule has 1 atom stereocenters. The zero-order valence-electron chi connectivity index (χ0n) is 14.7. The number of aromatic nitrogens is 2. The number of anilines is 1. The van der Waals surface area contributed by atoms with Crippen molar-refractivity contribution in [2.45, 2.75) is 32.3 Å². The van der Waals surface area contributed by atoms with Gasteiger partial charge in [0.2, 0.25) is 0 Å². The van der Waals surface area contributed by atoms with E-state index >= 15 is 0 Å². The fourth-order valence-corrected chi connectivity index (χ4v) is 4.14. The van der Waals surface area contributed by atoms with Gasteiger partial charge < -0.3 is 4.74 Å². The molecule has 1 aliphatic rings. The van der Waals surface area contributed by atoms with Crippen molar-refractivity contribution in [2.24, 2.45) is 0 Å². The molecule has 3 aromatic rings. The number of carbonyl (C=O) groups is 1. The number of amides is 1. The van der Waals surface area contributed by atoms with Gasteiger partial charge in [-0.25, -0.2) is 4.98 Å². The van der Waals surface area contributed by atoms with Gasteiger partial charge in [-0.1, -0.05) is 30.4 Å². The molecule has 3 heterocycles. The second-order valence-electron chi connectivity index (χ2n) is 6.42. The minimum Gasteiger partial charge on any atom is -0.376 e. The molecule has 0 radical (unpaired) electrons. The van der Waals surface area contributed by atoms with Crippen molar-refractivity contribution in [1.29, 1.82) is 0 Å². The Morgan fingerprint density at radius 1 is 1.35 bits per heavy atom. The summed E-state index contributed by atoms with van der Waals surface area (Å²) < 4.78 is 6.84. The van der Waals surface area contributed by atoms with E-state index in [1.807, 2.05) is 36.4 Å². The third-order valence-corrected chi connectivity index (χ3v) is 5.68. The normalized spacial score (nSPS) is 16.9. The third-order valence-electron chi connectivity index (χ3n) is 4.62. The van der Waals surface area contributed by atoms with Crippen molar-refractivity contribution in [2.75, 3.05) is 18.1 Å². The van der Waals surface area contributed by atoms with Crippen LogP contribution in [-0.4, -0.2) is 35.1 Å². The molecule has 5 nitrogen and oxygen atoms in total. The molecule has 1 unspecified atom stereocenters. The molecular formula is C20H21N3O2S. The molecule has 0 bridgehead atoms. The number of aryl methyl sites for hydroxylation is 1. The zero-order valence-corrected chi connectivity index (χ0v) is 15.5. The Labute approximate surface area is 156 Å². The topological polar surface area (TPSA) is 55.3 Å². The number of carbonyl (C=O) groups excluding carboxylic acids is 1. The van der Waals surface area contributed by atoms with Gasteiger partial charge in [0, 0.05) is 12.8 Å². The first-order chi connectivity index (χ1) is 12.7. The highest BCUT2D eigenvalue weighted by Gasteiger charge is 2.27. The summed E-state index contributed by atoms with van der Waals surface area (Å²) in [6.07, 6.45) is 4.64. The fourth-order valence-electron chi connectivity index (χ4n) is 3.16. The molecular weight excluding hydrogens is 346 g/mol. The summed E-state index contributed by atoms with van der Waals surface area (Å²) in [6.45, 7) is 3.34. The second kappa shape index (κ2) is 7.51. The Balaban J connectivity index is 1.70. The van der Waals surface area contributed by atoms with Crippen molar-refractivity contribution in [3.63, 3.8) is 0 Å². The lowest BCUT2D eigenvalue weighted by atomic mass is 10.1. The maximum absolute atomic E-state index is 13.3. The molecule has 0 saturated carbocycles. The standard InChI is InChI=1S/C20H21N3O2S/c1-2-14-9-10-21-17(12-14)19(24)23(13-15-6-5-11-25-15)20-22-16-7-3-4-8-18(16)26-20/h3-4,7-10,12,15H,2,5-6,11,13H2,1H3. The maximum Gasteiger partial charge on any atom is 0.278 e. The second-order valence-corrected chi connectivity index (χ2v) is 7.43. The van der Waals surface area contributed by atoms with Gasteiger partial charge in [-0.3, -0.25) is 14.7 Å². The van der Waals surface area contributed by atoms with E-state index in [1.165, 1.54) is 11.3 Å². The van der Waals surface area contributed by atoms with Crippen molar-refractivity contribution < 1.29 is 9.53 Å². The summed E-state index contributed by atoms with van der Waals surface area (Å²) in [5, 5.41) is 0.704. The first-order valence-corrected chi connectivity index (χ1v) is 9.80. The van der Waals surface area contributed by atoms with E-state index in [9.17, 15) is 4.79 Å². The van der Waals surface area contributed by atoms with Crippen LogP contribution in [0.2, 0.25) is 0 Å². The molecule has 2 aromatic heterocycles. The summed E-state index contributed by atoms with van der Waals surface area (Å²) in [4.78, 5) is 24.0. The largest absolute Gasteiger partial charge is 0.376 e. The van der Waals surface area contributed by atoms with Gasteiger partial charge in [0.05, 0.1) is 22.9 Å². The fraction of sp³-hybridized carbons (Fsp3) is 0.350. The zero-order chi connectivity index (χ0) is 17.9. The number of fused-ring (bicyclic) bond motifs is 1. The molecule has 1 aromatic carbocycles. The van der Waals surface area contributed by atoms with Crippen LogP contribution in [0.4, 0.5) is 5.13 Å². The summed E-state index contributed by atoms with van der Waals surface area (Å²) in [5.74, 6) is -0.116. The van der Waals surface area contributed by atoms with Gasteiger partial charge in [0.1, 0.15) is 5.69 Å². The Morgan fingerprint density at radius 2 is 2.23 bits per heavy atom. The molecule has 0 aliphatic carbocycles. The molecule has 1 aliphatic heterocycles. The average molecular weight is 367 g/mol. The molecule has 1 fully saturated rings. The summed E-state index contributed by atoms with van der Waals surface area (Å²) in [7, 11) is 0. The SMILES string of the molecule is CCc1ccnc(C(=O)N(CC2CCCO2)c2nc3ccccc3s2)c1. The number of pyridine rings is 1. The number of hydrogen-bond donors (Lipinski definition) is 0. The van der Waals surface area contributed by atoms with Crippen LogP contribution in [0.25, 0.3) is 10.2 Å². The van der Waals surface area contributed by atoms with Crippen LogP contribution in [0.15, 0.2) is 42.6 Å². The monoisotopic (exact) mass is 367 g/mol. The highest BCUT2D eigenvalue weighted by Crippen LogP contribution is 2.30. The van der Waals surface area contributed by atoms with E-state index in [-0.39, 0.29) is 12.0 Å². The van der Waals surface area contributed by atoms with Crippen LogP contribution in [0.1, 0.15) is 35.8 Å². The Bertz CT molecular complexity index is 885.